The van der Waals surface area contributed by atoms with Crippen LogP contribution < -0.4 is 0 Å². The average molecular weight is 1140 g/mol. The second-order valence-corrected chi connectivity index (χ2v) is 21.6. The SMILES string of the molecule is CC/C=C\C/C=C\C/C=C\C/C=C\C/C=C\C/C=C\CCC(=O)OC(COC(=O)CCCCCCC/C=C\C/C=C\C/C=C\CC)COP(=O)(O)OCC(CO)OC(=O)CCCCCCCCCCC/C=C\C/C=C\CCCCC. The Morgan fingerprint density at radius 3 is 1.07 bits per heavy atom. The molecule has 3 unspecified atom stereocenters. The van der Waals surface area contributed by atoms with Gasteiger partial charge < -0.3 is 24.2 Å². The normalized spacial score (nSPS) is 14.2. The Kier molecular flexibility index (Phi) is 57.4. The van der Waals surface area contributed by atoms with Crippen LogP contribution in [-0.4, -0.2) is 66.5 Å². The fraction of sp³-hybridized carbons (Fsp3) is 0.632. The van der Waals surface area contributed by atoms with Crippen LogP contribution in [0.3, 0.4) is 0 Å². The molecule has 0 rings (SSSR count). The maximum absolute atomic E-state index is 12.9. The van der Waals surface area contributed by atoms with Crippen molar-refractivity contribution in [3.63, 3.8) is 0 Å². The number of carbonyl (C=O) groups excluding carboxylic acids is 3. The smallest absolute Gasteiger partial charge is 0.462 e. The van der Waals surface area contributed by atoms with Gasteiger partial charge in [0.25, 0.3) is 0 Å². The van der Waals surface area contributed by atoms with E-state index in [0.717, 1.165) is 116 Å². The van der Waals surface area contributed by atoms with Crippen LogP contribution in [0.15, 0.2) is 134 Å². The quantitative estimate of drug-likeness (QED) is 0.0197. The number of aliphatic hydroxyl groups excluding tert-OH is 1. The van der Waals surface area contributed by atoms with Gasteiger partial charge in [-0.05, 0) is 122 Å². The summed E-state index contributed by atoms with van der Waals surface area (Å²) in [4.78, 5) is 48.7. The van der Waals surface area contributed by atoms with Crippen molar-refractivity contribution in [2.75, 3.05) is 26.4 Å². The number of esters is 3. The predicted molar refractivity (Wildman–Crippen MR) is 334 cm³/mol. The molecule has 0 spiro atoms. The molecule has 2 N–H and O–H groups in total. The fourth-order valence-corrected chi connectivity index (χ4v) is 8.68. The number of rotatable bonds is 56. The first-order chi connectivity index (χ1) is 39.2. The van der Waals surface area contributed by atoms with E-state index >= 15 is 0 Å². The molecule has 80 heavy (non-hydrogen) atoms. The Morgan fingerprint density at radius 1 is 0.362 bits per heavy atom. The summed E-state index contributed by atoms with van der Waals surface area (Å²) in [5.74, 6) is -1.60. The van der Waals surface area contributed by atoms with Crippen LogP contribution in [-0.2, 0) is 42.2 Å². The molecule has 0 aromatic rings. The highest BCUT2D eigenvalue weighted by molar-refractivity contribution is 7.47. The lowest BCUT2D eigenvalue weighted by atomic mass is 10.1. The number of ether oxygens (including phenoxy) is 3. The maximum Gasteiger partial charge on any atom is 0.472 e. The highest BCUT2D eigenvalue weighted by Gasteiger charge is 2.28. The molecule has 0 fully saturated rings. The molecule has 0 aliphatic heterocycles. The number of phosphoric ester groups is 1. The van der Waals surface area contributed by atoms with Gasteiger partial charge in [0, 0.05) is 19.3 Å². The molecule has 0 aromatic heterocycles. The summed E-state index contributed by atoms with van der Waals surface area (Å²) in [5, 5.41) is 9.85. The molecule has 0 aliphatic rings. The van der Waals surface area contributed by atoms with Crippen molar-refractivity contribution in [2.45, 2.75) is 251 Å². The number of aliphatic hydroxyl groups is 1. The van der Waals surface area contributed by atoms with E-state index in [9.17, 15) is 28.9 Å². The Labute approximate surface area is 487 Å². The second kappa shape index (κ2) is 60.7. The van der Waals surface area contributed by atoms with Crippen LogP contribution in [0.25, 0.3) is 0 Å². The number of phosphoric acid groups is 1. The van der Waals surface area contributed by atoms with Gasteiger partial charge in [-0.1, -0.05) is 231 Å². The lowest BCUT2D eigenvalue weighted by Crippen LogP contribution is -2.30. The molecule has 0 saturated heterocycles. The van der Waals surface area contributed by atoms with Gasteiger partial charge >= 0.3 is 25.7 Å². The van der Waals surface area contributed by atoms with E-state index in [1.165, 1.54) is 57.8 Å². The van der Waals surface area contributed by atoms with Crippen LogP contribution >= 0.6 is 7.82 Å². The van der Waals surface area contributed by atoms with Crippen molar-refractivity contribution in [3.05, 3.63) is 134 Å². The summed E-state index contributed by atoms with van der Waals surface area (Å²) < 4.78 is 39.5. The van der Waals surface area contributed by atoms with Gasteiger partial charge in [-0.25, -0.2) is 4.57 Å². The van der Waals surface area contributed by atoms with Crippen LogP contribution in [0.4, 0.5) is 0 Å². The van der Waals surface area contributed by atoms with E-state index in [1.807, 2.05) is 12.2 Å². The molecule has 0 heterocycles. The van der Waals surface area contributed by atoms with Crippen molar-refractivity contribution < 1.29 is 52.2 Å². The van der Waals surface area contributed by atoms with Crippen molar-refractivity contribution in [3.8, 4) is 0 Å². The van der Waals surface area contributed by atoms with Crippen molar-refractivity contribution in [1.29, 1.82) is 0 Å². The Morgan fingerprint density at radius 2 is 0.675 bits per heavy atom. The van der Waals surface area contributed by atoms with Gasteiger partial charge in [0.2, 0.25) is 0 Å². The zero-order valence-corrected chi connectivity index (χ0v) is 51.1. The number of carbonyl (C=O) groups is 3. The predicted octanol–water partition coefficient (Wildman–Crippen LogP) is 18.9. The van der Waals surface area contributed by atoms with Crippen molar-refractivity contribution in [2.24, 2.45) is 0 Å². The van der Waals surface area contributed by atoms with Crippen LogP contribution in [0, 0.1) is 0 Å². The molecule has 12 heteroatoms. The van der Waals surface area contributed by atoms with Crippen LogP contribution in [0.1, 0.15) is 239 Å². The molecule has 0 radical (unpaired) electrons. The summed E-state index contributed by atoms with van der Waals surface area (Å²) in [5.41, 5.74) is 0. The molecule has 454 valence electrons. The van der Waals surface area contributed by atoms with E-state index in [-0.39, 0.29) is 25.9 Å². The third kappa shape index (κ3) is 58.3. The number of hydrogen-bond donors (Lipinski definition) is 2. The number of allylic oxidation sites excluding steroid dienone is 22. The third-order valence-corrected chi connectivity index (χ3v) is 13.5. The van der Waals surface area contributed by atoms with E-state index in [0.29, 0.717) is 25.7 Å². The Hall–Kier alpha value is -4.38. The van der Waals surface area contributed by atoms with Gasteiger partial charge in [0.15, 0.2) is 6.10 Å². The summed E-state index contributed by atoms with van der Waals surface area (Å²) in [7, 11) is -4.79. The zero-order chi connectivity index (χ0) is 58.3. The largest absolute Gasteiger partial charge is 0.472 e. The van der Waals surface area contributed by atoms with Crippen LogP contribution in [0.5, 0.6) is 0 Å². The number of unbranched alkanes of at least 4 members (excludes halogenated alkanes) is 17. The third-order valence-electron chi connectivity index (χ3n) is 12.6. The minimum Gasteiger partial charge on any atom is -0.462 e. The second-order valence-electron chi connectivity index (χ2n) is 20.1. The van der Waals surface area contributed by atoms with E-state index in [4.69, 9.17) is 23.3 Å². The highest BCUT2D eigenvalue weighted by Crippen LogP contribution is 2.43. The monoisotopic (exact) mass is 1130 g/mol. The van der Waals surface area contributed by atoms with Gasteiger partial charge in [0.1, 0.15) is 12.7 Å². The van der Waals surface area contributed by atoms with Crippen molar-refractivity contribution in [1.82, 2.24) is 0 Å². The highest BCUT2D eigenvalue weighted by atomic mass is 31.2. The number of hydrogen-bond acceptors (Lipinski definition) is 10. The average Bonchev–Trinajstić information content (AvgIpc) is 3.45. The molecular weight excluding hydrogens is 1020 g/mol. The molecule has 0 bridgehead atoms. The van der Waals surface area contributed by atoms with Gasteiger partial charge in [-0.3, -0.25) is 23.4 Å². The fourth-order valence-electron chi connectivity index (χ4n) is 7.90. The van der Waals surface area contributed by atoms with Gasteiger partial charge in [-0.15, -0.1) is 0 Å². The lowest BCUT2D eigenvalue weighted by molar-refractivity contribution is -0.161. The Balaban J connectivity index is 4.82. The maximum atomic E-state index is 12.9. The topological polar surface area (TPSA) is 155 Å². The first kappa shape index (κ1) is 75.6. The van der Waals surface area contributed by atoms with Gasteiger partial charge in [-0.2, -0.15) is 0 Å². The standard InChI is InChI=1S/C68H111O11P/c1-4-7-10-13-16-19-22-25-28-30-32-34-37-40-43-46-49-52-55-58-67(71)78-64(60-69)62-76-80(73,74)77-63-65(61-75-66(70)57-54-51-48-45-42-39-36-27-24-21-18-15-12-9-6-3)79-68(72)59-56-53-50-47-44-41-38-35-33-31-29-26-23-20-17-14-11-8-5-2/h8-9,11-12,16-21,25-29,33,35-36,41,44,50,53,64-65,69H,4-7,10,13-15,22-24,30-32,34,37-40,42-43,45-49,51-52,54-63H2,1-3H3,(H,73,74)/b11-8-,12-9-,19-16-,20-17-,21-18-,28-25-,29-26-,35-33-,36-27-,44-41-,53-50-. The summed E-state index contributed by atoms with van der Waals surface area (Å²) >= 11 is 0. The van der Waals surface area contributed by atoms with E-state index in [2.05, 4.69) is 142 Å². The van der Waals surface area contributed by atoms with Crippen molar-refractivity contribution >= 4 is 25.7 Å². The van der Waals surface area contributed by atoms with Crippen LogP contribution in [0.2, 0.25) is 0 Å². The molecule has 0 aliphatic carbocycles. The minimum atomic E-state index is -4.79. The zero-order valence-electron chi connectivity index (χ0n) is 50.2. The van der Waals surface area contributed by atoms with E-state index < -0.39 is 57.8 Å². The molecule has 0 aromatic carbocycles. The molecule has 11 nitrogen and oxygen atoms in total. The molecule has 0 amide bonds. The van der Waals surface area contributed by atoms with Gasteiger partial charge in [0.05, 0.1) is 19.8 Å². The summed E-state index contributed by atoms with van der Waals surface area (Å²) in [6.07, 6.45) is 77.0. The lowest BCUT2D eigenvalue weighted by Gasteiger charge is -2.21. The van der Waals surface area contributed by atoms with E-state index in [1.54, 1.807) is 0 Å². The summed E-state index contributed by atoms with van der Waals surface area (Å²) in [6.45, 7) is 4.29. The first-order valence-electron chi connectivity index (χ1n) is 31.1. The first-order valence-corrected chi connectivity index (χ1v) is 32.6. The summed E-state index contributed by atoms with van der Waals surface area (Å²) in [6, 6.07) is 0. The Bertz CT molecular complexity index is 1850. The minimum absolute atomic E-state index is 0.0315. The molecule has 3 atom stereocenters. The molecule has 0 saturated carbocycles. The molecular formula is C68H111O11P.